The molecule has 0 aliphatic carbocycles. The third-order valence-electron chi connectivity index (χ3n) is 5.04. The van der Waals surface area contributed by atoms with Gasteiger partial charge in [0.1, 0.15) is 0 Å². The first-order valence-electron chi connectivity index (χ1n) is 9.84. The summed E-state index contributed by atoms with van der Waals surface area (Å²) in [5.41, 5.74) is 0. The van der Waals surface area contributed by atoms with Crippen LogP contribution < -0.4 is 5.32 Å². The van der Waals surface area contributed by atoms with E-state index in [-0.39, 0.29) is 18.1 Å². The zero-order valence-corrected chi connectivity index (χ0v) is 16.4. The minimum Gasteiger partial charge on any atom is -0.395 e. The predicted molar refractivity (Wildman–Crippen MR) is 100 cm³/mol. The number of hydrogen-bond donors (Lipinski definition) is 4. The van der Waals surface area contributed by atoms with Crippen molar-refractivity contribution in [3.8, 4) is 0 Å². The van der Waals surface area contributed by atoms with Crippen molar-refractivity contribution in [2.75, 3.05) is 18.1 Å². The van der Waals surface area contributed by atoms with E-state index in [1.54, 1.807) is 0 Å². The zero-order valence-electron chi connectivity index (χ0n) is 15.6. The van der Waals surface area contributed by atoms with Crippen molar-refractivity contribution in [1.29, 1.82) is 0 Å². The number of aliphatic hydroxyl groups excluding tert-OH is 3. The molecule has 4 atom stereocenters. The molecule has 25 heavy (non-hydrogen) atoms. The Balaban J connectivity index is 2.12. The Kier molecular flexibility index (Phi) is 11.2. The first-order valence-corrected chi connectivity index (χ1v) is 11.7. The highest BCUT2D eigenvalue weighted by Crippen LogP contribution is 2.17. The van der Waals surface area contributed by atoms with Gasteiger partial charge in [0.15, 0.2) is 9.84 Å². The number of rotatable bonds is 14. The molecule has 7 heteroatoms. The molecule has 1 aliphatic heterocycles. The van der Waals surface area contributed by atoms with Gasteiger partial charge in [-0.05, 0) is 6.42 Å². The topological polar surface area (TPSA) is 107 Å². The van der Waals surface area contributed by atoms with Crippen LogP contribution in [-0.2, 0) is 9.84 Å². The van der Waals surface area contributed by atoms with Crippen molar-refractivity contribution in [1.82, 2.24) is 5.32 Å². The fourth-order valence-electron chi connectivity index (χ4n) is 3.42. The fraction of sp³-hybridized carbons (Fsp3) is 1.00. The fourth-order valence-corrected chi connectivity index (χ4v) is 5.07. The summed E-state index contributed by atoms with van der Waals surface area (Å²) in [6.45, 7) is 1.89. The average Bonchev–Trinajstić information content (AvgIpc) is 2.84. The van der Waals surface area contributed by atoms with Crippen LogP contribution in [-0.4, -0.2) is 66.1 Å². The predicted octanol–water partition coefficient (Wildman–Crippen LogP) is 1.38. The molecule has 0 unspecified atom stereocenters. The quantitative estimate of drug-likeness (QED) is 0.340. The van der Waals surface area contributed by atoms with E-state index >= 15 is 0 Å². The van der Waals surface area contributed by atoms with E-state index in [0.717, 1.165) is 12.8 Å². The lowest BCUT2D eigenvalue weighted by atomic mass is 10.1. The molecule has 1 aliphatic rings. The van der Waals surface area contributed by atoms with E-state index in [1.165, 1.54) is 44.9 Å². The number of unbranched alkanes of at least 4 members (excludes halogenated alkanes) is 9. The van der Waals surface area contributed by atoms with E-state index in [2.05, 4.69) is 12.2 Å². The van der Waals surface area contributed by atoms with Crippen LogP contribution in [0.5, 0.6) is 0 Å². The van der Waals surface area contributed by atoms with Gasteiger partial charge in [-0.3, -0.25) is 0 Å². The van der Waals surface area contributed by atoms with Gasteiger partial charge in [0.25, 0.3) is 0 Å². The van der Waals surface area contributed by atoms with Crippen LogP contribution in [0.25, 0.3) is 0 Å². The molecule has 1 saturated heterocycles. The summed E-state index contributed by atoms with van der Waals surface area (Å²) in [7, 11) is -3.28. The molecule has 0 radical (unpaired) electrons. The minimum absolute atomic E-state index is 0.119. The second-order valence-electron chi connectivity index (χ2n) is 7.34. The summed E-state index contributed by atoms with van der Waals surface area (Å²) in [6, 6.07) is -1.37. The van der Waals surface area contributed by atoms with Gasteiger partial charge in [-0.1, -0.05) is 64.7 Å². The van der Waals surface area contributed by atoms with E-state index in [4.69, 9.17) is 5.11 Å². The van der Waals surface area contributed by atoms with Crippen molar-refractivity contribution in [3.05, 3.63) is 0 Å². The molecule has 0 spiro atoms. The molecule has 0 aromatic heterocycles. The summed E-state index contributed by atoms with van der Waals surface area (Å²) in [6.07, 6.45) is 9.23. The summed E-state index contributed by atoms with van der Waals surface area (Å²) < 4.78 is 24.3. The van der Waals surface area contributed by atoms with E-state index in [1.807, 2.05) is 0 Å². The van der Waals surface area contributed by atoms with Gasteiger partial charge in [0.05, 0.1) is 36.4 Å². The van der Waals surface area contributed by atoms with Gasteiger partial charge in [0, 0.05) is 6.04 Å². The van der Waals surface area contributed by atoms with Gasteiger partial charge < -0.3 is 20.6 Å². The average molecular weight is 380 g/mol. The lowest BCUT2D eigenvalue weighted by Crippen LogP contribution is -2.40. The maximum atomic E-state index is 12.2. The van der Waals surface area contributed by atoms with Gasteiger partial charge in [-0.2, -0.15) is 0 Å². The highest BCUT2D eigenvalue weighted by Gasteiger charge is 2.42. The van der Waals surface area contributed by atoms with Crippen LogP contribution in [0.15, 0.2) is 0 Å². The van der Waals surface area contributed by atoms with Gasteiger partial charge in [0.2, 0.25) is 0 Å². The van der Waals surface area contributed by atoms with Crippen molar-refractivity contribution in [2.45, 2.75) is 95.4 Å². The maximum Gasteiger partial charge on any atom is 0.151 e. The highest BCUT2D eigenvalue weighted by atomic mass is 32.2. The van der Waals surface area contributed by atoms with Gasteiger partial charge in [-0.15, -0.1) is 0 Å². The third kappa shape index (κ3) is 8.82. The minimum atomic E-state index is -3.28. The molecule has 1 fully saturated rings. The van der Waals surface area contributed by atoms with E-state index < -0.39 is 34.1 Å². The largest absolute Gasteiger partial charge is 0.395 e. The van der Waals surface area contributed by atoms with Crippen LogP contribution in [0.3, 0.4) is 0 Å². The molecule has 0 saturated carbocycles. The Morgan fingerprint density at radius 1 is 0.800 bits per heavy atom. The van der Waals surface area contributed by atoms with Gasteiger partial charge >= 0.3 is 0 Å². The Labute approximate surface area is 152 Å². The molecular weight excluding hydrogens is 342 g/mol. The molecule has 4 N–H and O–H groups in total. The lowest BCUT2D eigenvalue weighted by molar-refractivity contribution is 0.0217. The number of nitrogens with one attached hydrogen (secondary N) is 1. The van der Waals surface area contributed by atoms with Crippen molar-refractivity contribution < 1.29 is 23.7 Å². The molecule has 0 amide bonds. The lowest BCUT2D eigenvalue weighted by Gasteiger charge is -2.15. The Hall–Kier alpha value is -0.210. The smallest absolute Gasteiger partial charge is 0.151 e. The number of sulfone groups is 1. The van der Waals surface area contributed by atoms with Crippen molar-refractivity contribution in [3.63, 3.8) is 0 Å². The van der Waals surface area contributed by atoms with E-state index in [0.29, 0.717) is 6.42 Å². The van der Waals surface area contributed by atoms with Gasteiger partial charge in [-0.25, -0.2) is 8.42 Å². The molecule has 0 aromatic carbocycles. The van der Waals surface area contributed by atoms with Crippen LogP contribution in [0.4, 0.5) is 0 Å². The van der Waals surface area contributed by atoms with Crippen LogP contribution in [0, 0.1) is 0 Å². The normalized spacial score (nSPS) is 27.0. The van der Waals surface area contributed by atoms with E-state index in [9.17, 15) is 18.6 Å². The molecule has 1 rings (SSSR count). The summed E-state index contributed by atoms with van der Waals surface area (Å²) in [4.78, 5) is 0. The Morgan fingerprint density at radius 3 is 1.76 bits per heavy atom. The SMILES string of the molecule is CCCCCCCCCCCCS(=O)(=O)C[C@@H]1N[C@H](CO)[C@@H](O)[C@@H]1O. The standard InChI is InChI=1S/C18H37NO5S/c1-2-3-4-5-6-7-8-9-10-11-12-25(23,24)14-16-18(22)17(21)15(13-20)19-16/h15-22H,2-14H2,1H3/t15-,16+,17-,18-/m1/s1. The molecule has 150 valence electrons. The molecule has 1 heterocycles. The van der Waals surface area contributed by atoms with Crippen molar-refractivity contribution in [2.24, 2.45) is 0 Å². The molecule has 6 nitrogen and oxygen atoms in total. The second-order valence-corrected chi connectivity index (χ2v) is 9.57. The number of hydrogen-bond acceptors (Lipinski definition) is 6. The highest BCUT2D eigenvalue weighted by molar-refractivity contribution is 7.91. The summed E-state index contributed by atoms with van der Waals surface area (Å²) in [5, 5.41) is 31.5. The van der Waals surface area contributed by atoms with Crippen molar-refractivity contribution >= 4 is 9.84 Å². The van der Waals surface area contributed by atoms with Crippen LogP contribution in [0.1, 0.15) is 71.1 Å². The second kappa shape index (κ2) is 12.2. The maximum absolute atomic E-state index is 12.2. The third-order valence-corrected chi connectivity index (χ3v) is 6.82. The molecule has 0 bridgehead atoms. The van der Waals surface area contributed by atoms with Crippen LogP contribution in [0.2, 0.25) is 0 Å². The summed E-state index contributed by atoms with van der Waals surface area (Å²) in [5.74, 6) is -0.0760. The monoisotopic (exact) mass is 379 g/mol. The first-order chi connectivity index (χ1) is 11.9. The molecule has 0 aromatic rings. The Morgan fingerprint density at radius 2 is 1.28 bits per heavy atom. The first kappa shape index (κ1) is 22.8. The summed E-state index contributed by atoms with van der Waals surface area (Å²) >= 11 is 0. The Bertz CT molecular complexity index is 443. The zero-order chi connectivity index (χ0) is 18.7. The molecular formula is C18H37NO5S. The van der Waals surface area contributed by atoms with Crippen LogP contribution >= 0.6 is 0 Å². The number of aliphatic hydroxyl groups is 3.